The maximum Gasteiger partial charge on any atom is 0.253 e. The third-order valence-corrected chi connectivity index (χ3v) is 4.86. The molecule has 0 fully saturated rings. The number of hydrogen-bond donors (Lipinski definition) is 2. The van der Waals surface area contributed by atoms with Crippen LogP contribution in [0.3, 0.4) is 0 Å². The number of carbonyl (C=O) groups excluding carboxylic acids is 3. The molecular formula is C24H27N5O4. The number of anilines is 2. The van der Waals surface area contributed by atoms with E-state index in [2.05, 4.69) is 15.6 Å². The Kier molecular flexibility index (Phi) is 7.93. The summed E-state index contributed by atoms with van der Waals surface area (Å²) in [4.78, 5) is 45.1. The van der Waals surface area contributed by atoms with Gasteiger partial charge in [0.15, 0.2) is 0 Å². The molecule has 172 valence electrons. The molecular weight excluding hydrogens is 422 g/mol. The van der Waals surface area contributed by atoms with Gasteiger partial charge in [0.05, 0.1) is 37.1 Å². The lowest BCUT2D eigenvalue weighted by Gasteiger charge is -2.23. The molecule has 33 heavy (non-hydrogen) atoms. The first-order valence-corrected chi connectivity index (χ1v) is 10.4. The summed E-state index contributed by atoms with van der Waals surface area (Å²) in [5.74, 6) is 0.242. The van der Waals surface area contributed by atoms with Crippen molar-refractivity contribution in [2.75, 3.05) is 37.4 Å². The fraction of sp³-hybridized carbons (Fsp3) is 0.250. The largest absolute Gasteiger partial charge is 0.467 e. The number of likely N-dealkylation sites (N-methyl/N-ethyl adjacent to an activating group) is 2. The van der Waals surface area contributed by atoms with E-state index < -0.39 is 0 Å². The third-order valence-electron chi connectivity index (χ3n) is 4.86. The van der Waals surface area contributed by atoms with E-state index in [4.69, 9.17) is 4.42 Å². The lowest BCUT2D eigenvalue weighted by atomic mass is 10.1. The summed E-state index contributed by atoms with van der Waals surface area (Å²) < 4.78 is 5.23. The van der Waals surface area contributed by atoms with E-state index in [-0.39, 0.29) is 37.4 Å². The van der Waals surface area contributed by atoms with Gasteiger partial charge in [-0.15, -0.1) is 0 Å². The minimum absolute atomic E-state index is 0.00643. The van der Waals surface area contributed by atoms with Crippen LogP contribution >= 0.6 is 0 Å². The van der Waals surface area contributed by atoms with Crippen molar-refractivity contribution < 1.29 is 18.8 Å². The van der Waals surface area contributed by atoms with Gasteiger partial charge < -0.3 is 20.0 Å². The maximum atomic E-state index is 12.9. The van der Waals surface area contributed by atoms with E-state index >= 15 is 0 Å². The molecule has 9 heteroatoms. The van der Waals surface area contributed by atoms with Crippen molar-refractivity contribution in [2.45, 2.75) is 13.5 Å². The first-order valence-electron chi connectivity index (χ1n) is 10.4. The fourth-order valence-electron chi connectivity index (χ4n) is 3.20. The Labute approximate surface area is 192 Å². The average molecular weight is 450 g/mol. The van der Waals surface area contributed by atoms with Crippen LogP contribution in [0.1, 0.15) is 21.8 Å². The molecule has 0 radical (unpaired) electrons. The highest BCUT2D eigenvalue weighted by Crippen LogP contribution is 2.20. The molecule has 3 amide bonds. The quantitative estimate of drug-likeness (QED) is 0.520. The van der Waals surface area contributed by atoms with Crippen LogP contribution in [0, 0.1) is 6.92 Å². The predicted octanol–water partition coefficient (Wildman–Crippen LogP) is 2.45. The Balaban J connectivity index is 1.57. The van der Waals surface area contributed by atoms with Crippen LogP contribution in [-0.4, -0.2) is 54.8 Å². The fourth-order valence-corrected chi connectivity index (χ4v) is 3.20. The van der Waals surface area contributed by atoms with Gasteiger partial charge in [0.2, 0.25) is 11.8 Å². The molecule has 3 rings (SSSR count). The molecule has 3 aromatic rings. The molecule has 2 N–H and O–H groups in total. The van der Waals surface area contributed by atoms with Crippen molar-refractivity contribution in [3.05, 3.63) is 77.9 Å². The highest BCUT2D eigenvalue weighted by atomic mass is 16.3. The Morgan fingerprint density at radius 3 is 2.48 bits per heavy atom. The van der Waals surface area contributed by atoms with Crippen LogP contribution in [0.4, 0.5) is 11.5 Å². The van der Waals surface area contributed by atoms with E-state index in [1.165, 1.54) is 11.2 Å². The van der Waals surface area contributed by atoms with Gasteiger partial charge in [-0.25, -0.2) is 4.98 Å². The van der Waals surface area contributed by atoms with Crippen molar-refractivity contribution in [3.8, 4) is 0 Å². The summed E-state index contributed by atoms with van der Waals surface area (Å²) in [7, 11) is 3.28. The van der Waals surface area contributed by atoms with Crippen LogP contribution in [-0.2, 0) is 16.1 Å². The van der Waals surface area contributed by atoms with Crippen LogP contribution < -0.4 is 15.5 Å². The summed E-state index contributed by atoms with van der Waals surface area (Å²) in [5, 5.41) is 5.51. The van der Waals surface area contributed by atoms with E-state index in [0.717, 1.165) is 5.69 Å². The van der Waals surface area contributed by atoms with Gasteiger partial charge >= 0.3 is 0 Å². The van der Waals surface area contributed by atoms with Gasteiger partial charge in [-0.2, -0.15) is 0 Å². The topological polar surface area (TPSA) is 108 Å². The number of benzene rings is 1. The number of pyridine rings is 1. The summed E-state index contributed by atoms with van der Waals surface area (Å²) in [6, 6.07) is 15.7. The van der Waals surface area contributed by atoms with Crippen LogP contribution in [0.5, 0.6) is 0 Å². The average Bonchev–Trinajstić information content (AvgIpc) is 3.30. The smallest absolute Gasteiger partial charge is 0.253 e. The molecule has 0 unspecified atom stereocenters. The number of aryl methyl sites for hydroxylation is 1. The normalized spacial score (nSPS) is 10.7. The Morgan fingerprint density at radius 2 is 1.76 bits per heavy atom. The van der Waals surface area contributed by atoms with Gasteiger partial charge in [-0.1, -0.05) is 18.2 Å². The zero-order chi connectivity index (χ0) is 23.8. The summed E-state index contributed by atoms with van der Waals surface area (Å²) in [5.41, 5.74) is 1.64. The van der Waals surface area contributed by atoms with Gasteiger partial charge in [0, 0.05) is 12.7 Å². The lowest BCUT2D eigenvalue weighted by molar-refractivity contribution is -0.120. The molecule has 0 spiro atoms. The van der Waals surface area contributed by atoms with Gasteiger partial charge in [-0.3, -0.25) is 19.3 Å². The molecule has 0 saturated carbocycles. The molecule has 0 aliphatic carbocycles. The van der Waals surface area contributed by atoms with Crippen molar-refractivity contribution in [2.24, 2.45) is 0 Å². The van der Waals surface area contributed by atoms with E-state index in [0.29, 0.717) is 22.8 Å². The zero-order valence-electron chi connectivity index (χ0n) is 18.9. The number of rotatable bonds is 9. The second-order valence-electron chi connectivity index (χ2n) is 7.62. The molecule has 2 aromatic heterocycles. The van der Waals surface area contributed by atoms with Crippen LogP contribution in [0.15, 0.2) is 65.3 Å². The Bertz CT molecular complexity index is 1110. The standard InChI is InChI=1S/C24H27N5O4/c1-17-8-6-12-21(26-17)27-22(30)15-28(2)16-23(31)29(3)20-11-5-4-10-19(20)24(32)25-14-18-9-7-13-33-18/h4-13H,14-16H2,1-3H3,(H,25,32)(H,26,27,30). The highest BCUT2D eigenvalue weighted by Gasteiger charge is 2.20. The van der Waals surface area contributed by atoms with Crippen molar-refractivity contribution in [1.29, 1.82) is 0 Å². The van der Waals surface area contributed by atoms with Gasteiger partial charge in [0.25, 0.3) is 5.91 Å². The molecule has 2 heterocycles. The Morgan fingerprint density at radius 1 is 0.970 bits per heavy atom. The summed E-state index contributed by atoms with van der Waals surface area (Å²) in [6.07, 6.45) is 1.54. The number of furan rings is 1. The second-order valence-corrected chi connectivity index (χ2v) is 7.62. The van der Waals surface area contributed by atoms with Crippen molar-refractivity contribution >= 4 is 29.2 Å². The molecule has 0 bridgehead atoms. The number of aromatic nitrogens is 1. The van der Waals surface area contributed by atoms with Crippen molar-refractivity contribution in [1.82, 2.24) is 15.2 Å². The molecule has 0 aliphatic rings. The van der Waals surface area contributed by atoms with Gasteiger partial charge in [0.1, 0.15) is 11.6 Å². The third kappa shape index (κ3) is 6.75. The Hall–Kier alpha value is -3.98. The van der Waals surface area contributed by atoms with Crippen molar-refractivity contribution in [3.63, 3.8) is 0 Å². The second kappa shape index (κ2) is 11.1. The maximum absolute atomic E-state index is 12.9. The monoisotopic (exact) mass is 449 g/mol. The first kappa shape index (κ1) is 23.7. The number of nitrogens with zero attached hydrogens (tertiary/aromatic N) is 3. The molecule has 0 saturated heterocycles. The van der Waals surface area contributed by atoms with E-state index in [1.54, 1.807) is 61.5 Å². The van der Waals surface area contributed by atoms with E-state index in [1.807, 2.05) is 19.1 Å². The number of nitrogens with one attached hydrogen (secondary N) is 2. The number of para-hydroxylation sites is 1. The number of carbonyl (C=O) groups is 3. The number of amides is 3. The predicted molar refractivity (Wildman–Crippen MR) is 125 cm³/mol. The summed E-state index contributed by atoms with van der Waals surface area (Å²) in [6.45, 7) is 2.09. The SMILES string of the molecule is Cc1cccc(NC(=O)CN(C)CC(=O)N(C)c2ccccc2C(=O)NCc2ccco2)n1. The van der Waals surface area contributed by atoms with E-state index in [9.17, 15) is 14.4 Å². The minimum atomic E-state index is -0.319. The minimum Gasteiger partial charge on any atom is -0.467 e. The first-order chi connectivity index (χ1) is 15.8. The van der Waals surface area contributed by atoms with Crippen LogP contribution in [0.2, 0.25) is 0 Å². The van der Waals surface area contributed by atoms with Crippen LogP contribution in [0.25, 0.3) is 0 Å². The lowest BCUT2D eigenvalue weighted by Crippen LogP contribution is -2.40. The zero-order valence-corrected chi connectivity index (χ0v) is 18.9. The molecule has 0 aliphatic heterocycles. The molecule has 0 atom stereocenters. The van der Waals surface area contributed by atoms with Gasteiger partial charge in [-0.05, 0) is 50.4 Å². The number of hydrogen-bond acceptors (Lipinski definition) is 6. The summed E-state index contributed by atoms with van der Waals surface area (Å²) >= 11 is 0. The molecule has 1 aromatic carbocycles. The highest BCUT2D eigenvalue weighted by molar-refractivity contribution is 6.05. The molecule has 9 nitrogen and oxygen atoms in total.